The molecule has 0 saturated carbocycles. The first-order valence-corrected chi connectivity index (χ1v) is 22.2. The molecule has 0 heterocycles. The normalized spacial score (nSPS) is 12.8. The van der Waals surface area contributed by atoms with Crippen LogP contribution in [-0.2, 0) is 4.74 Å². The van der Waals surface area contributed by atoms with Crippen molar-refractivity contribution in [2.45, 2.75) is 273 Å². The second-order valence-electron chi connectivity index (χ2n) is 15.4. The highest BCUT2D eigenvalue weighted by Crippen LogP contribution is 2.29. The minimum absolute atomic E-state index is 1.14. The zero-order chi connectivity index (χ0) is 34.5. The molecule has 0 aromatic rings. The fraction of sp³-hybridized carbons (Fsp3) is 0.913. The molecule has 0 saturated heterocycles. The van der Waals surface area contributed by atoms with Gasteiger partial charge in [0.05, 0.1) is 0 Å². The van der Waals surface area contributed by atoms with Crippen molar-refractivity contribution in [1.82, 2.24) is 0 Å². The van der Waals surface area contributed by atoms with Crippen molar-refractivity contribution in [2.24, 2.45) is 0 Å². The minimum Gasteiger partial charge on any atom is -0.466 e. The number of rotatable bonds is 38. The summed E-state index contributed by atoms with van der Waals surface area (Å²) in [6.07, 6.45) is 49.2. The van der Waals surface area contributed by atoms with Crippen LogP contribution in [0.1, 0.15) is 273 Å². The van der Waals surface area contributed by atoms with Gasteiger partial charge < -0.3 is 4.74 Å². The van der Waals surface area contributed by atoms with Crippen LogP contribution in [-0.4, -0.2) is 0 Å². The Morgan fingerprint density at radius 2 is 0.447 bits per heavy atom. The van der Waals surface area contributed by atoms with Crippen molar-refractivity contribution in [3.63, 3.8) is 0 Å². The quantitative estimate of drug-likeness (QED) is 0.0474. The molecule has 0 aromatic carbocycles. The van der Waals surface area contributed by atoms with E-state index in [4.69, 9.17) is 4.74 Å². The van der Waals surface area contributed by atoms with E-state index in [1.165, 1.54) is 230 Å². The van der Waals surface area contributed by atoms with Gasteiger partial charge in [-0.05, 0) is 63.5 Å². The fourth-order valence-electron chi connectivity index (χ4n) is 7.02. The van der Waals surface area contributed by atoms with Gasteiger partial charge in [0.25, 0.3) is 0 Å². The first-order chi connectivity index (χ1) is 23.1. The van der Waals surface area contributed by atoms with Gasteiger partial charge in [-0.2, -0.15) is 0 Å². The van der Waals surface area contributed by atoms with Crippen molar-refractivity contribution in [1.29, 1.82) is 0 Å². The van der Waals surface area contributed by atoms with Gasteiger partial charge in [0.2, 0.25) is 0 Å². The third-order valence-electron chi connectivity index (χ3n) is 10.5. The van der Waals surface area contributed by atoms with Crippen LogP contribution >= 0.6 is 0 Å². The second kappa shape index (κ2) is 38.1. The largest absolute Gasteiger partial charge is 0.466 e. The van der Waals surface area contributed by atoms with Crippen LogP contribution in [0.15, 0.2) is 22.7 Å². The van der Waals surface area contributed by atoms with Crippen LogP contribution in [0.25, 0.3) is 0 Å². The third kappa shape index (κ3) is 32.3. The lowest BCUT2D eigenvalue weighted by molar-refractivity contribution is 0.258. The van der Waals surface area contributed by atoms with Gasteiger partial charge in [0.1, 0.15) is 11.5 Å². The van der Waals surface area contributed by atoms with Crippen LogP contribution in [0, 0.1) is 0 Å². The molecule has 0 radical (unpaired) electrons. The zero-order valence-corrected chi connectivity index (χ0v) is 33.9. The van der Waals surface area contributed by atoms with Crippen LogP contribution in [0.2, 0.25) is 0 Å². The first kappa shape index (κ1) is 46.3. The molecule has 0 spiro atoms. The molecule has 0 atom stereocenters. The third-order valence-corrected chi connectivity index (χ3v) is 10.5. The van der Waals surface area contributed by atoms with Crippen molar-refractivity contribution in [3.8, 4) is 0 Å². The van der Waals surface area contributed by atoms with Crippen LogP contribution in [0.5, 0.6) is 0 Å². The molecule has 0 amide bonds. The number of unbranched alkanes of at least 4 members (excludes halogenated alkanes) is 28. The van der Waals surface area contributed by atoms with E-state index < -0.39 is 0 Å². The summed E-state index contributed by atoms with van der Waals surface area (Å²) in [5, 5.41) is 0. The number of ether oxygens (including phenoxy) is 1. The average Bonchev–Trinajstić information content (AvgIpc) is 3.07. The van der Waals surface area contributed by atoms with E-state index in [-0.39, 0.29) is 0 Å². The van der Waals surface area contributed by atoms with Crippen molar-refractivity contribution in [3.05, 3.63) is 22.7 Å². The second-order valence-corrected chi connectivity index (χ2v) is 15.4. The Bertz CT molecular complexity index is 627. The highest BCUT2D eigenvalue weighted by atomic mass is 16.5. The predicted octanol–water partition coefficient (Wildman–Crippen LogP) is 17.7. The van der Waals surface area contributed by atoms with Gasteiger partial charge in [-0.3, -0.25) is 0 Å². The molecular weight excluding hydrogens is 569 g/mol. The topological polar surface area (TPSA) is 9.23 Å². The molecule has 0 fully saturated rings. The first-order valence-electron chi connectivity index (χ1n) is 22.2. The Hall–Kier alpha value is -0.720. The molecule has 280 valence electrons. The van der Waals surface area contributed by atoms with E-state index in [9.17, 15) is 0 Å². The molecule has 0 bridgehead atoms. The van der Waals surface area contributed by atoms with Crippen LogP contribution in [0.3, 0.4) is 0 Å². The van der Waals surface area contributed by atoms with Gasteiger partial charge in [-0.15, -0.1) is 0 Å². The molecule has 0 unspecified atom stereocenters. The number of allylic oxidation sites excluding steroid dienone is 4. The van der Waals surface area contributed by atoms with E-state index in [1.807, 2.05) is 0 Å². The lowest BCUT2D eigenvalue weighted by Gasteiger charge is -2.20. The fourth-order valence-corrected chi connectivity index (χ4v) is 7.02. The maximum Gasteiger partial charge on any atom is 0.102 e. The van der Waals surface area contributed by atoms with Gasteiger partial charge >= 0.3 is 0 Å². The van der Waals surface area contributed by atoms with E-state index >= 15 is 0 Å². The number of hydrogen-bond donors (Lipinski definition) is 0. The van der Waals surface area contributed by atoms with E-state index in [0.29, 0.717) is 0 Å². The maximum atomic E-state index is 7.10. The van der Waals surface area contributed by atoms with Gasteiger partial charge in [-0.1, -0.05) is 207 Å². The maximum absolute atomic E-state index is 7.10. The lowest BCUT2D eigenvalue weighted by atomic mass is 10.0. The van der Waals surface area contributed by atoms with Gasteiger partial charge in [0, 0.05) is 12.8 Å². The predicted molar refractivity (Wildman–Crippen MR) is 215 cm³/mol. The lowest BCUT2D eigenvalue weighted by Crippen LogP contribution is -2.02. The molecule has 0 aliphatic rings. The Morgan fingerprint density at radius 1 is 0.255 bits per heavy atom. The molecule has 0 rings (SSSR count). The minimum atomic E-state index is 1.14. The molecule has 0 N–H and O–H groups in total. The highest BCUT2D eigenvalue weighted by Gasteiger charge is 2.12. The molecule has 47 heavy (non-hydrogen) atoms. The highest BCUT2D eigenvalue weighted by molar-refractivity contribution is 5.14. The smallest absolute Gasteiger partial charge is 0.102 e. The summed E-state index contributed by atoms with van der Waals surface area (Å²) in [7, 11) is 0. The van der Waals surface area contributed by atoms with E-state index in [0.717, 1.165) is 12.8 Å². The monoisotopic (exact) mass is 659 g/mol. The van der Waals surface area contributed by atoms with Crippen LogP contribution < -0.4 is 0 Å². The van der Waals surface area contributed by atoms with Gasteiger partial charge in [-0.25, -0.2) is 0 Å². The summed E-state index contributed by atoms with van der Waals surface area (Å²) in [5.41, 5.74) is 3.10. The summed E-state index contributed by atoms with van der Waals surface area (Å²) in [4.78, 5) is 0. The molecular formula is C46H90O. The standard InChI is InChI=1S/C46H90O/c1-7-11-15-19-23-27-31-35-39-43(5)45(41-37-33-29-25-21-17-13-9-3)47-46(42-38-34-30-26-22-18-14-10-4)44(6)40-36-32-28-24-20-16-12-8-2/h7-42H2,1-6H3. The Balaban J connectivity index is 5.26. The summed E-state index contributed by atoms with van der Waals surface area (Å²) in [6, 6.07) is 0. The summed E-state index contributed by atoms with van der Waals surface area (Å²) in [6.45, 7) is 14.1. The average molecular weight is 659 g/mol. The summed E-state index contributed by atoms with van der Waals surface area (Å²) in [5.74, 6) is 2.70. The molecule has 1 heteroatoms. The van der Waals surface area contributed by atoms with Crippen molar-refractivity contribution >= 4 is 0 Å². The Kier molecular flexibility index (Phi) is 37.5. The molecule has 0 aliphatic carbocycles. The molecule has 0 aromatic heterocycles. The van der Waals surface area contributed by atoms with E-state index in [2.05, 4.69) is 41.5 Å². The number of hydrogen-bond acceptors (Lipinski definition) is 1. The summed E-state index contributed by atoms with van der Waals surface area (Å²) >= 11 is 0. The summed E-state index contributed by atoms with van der Waals surface area (Å²) < 4.78 is 7.10. The Labute approximate surface area is 299 Å². The van der Waals surface area contributed by atoms with E-state index in [1.54, 1.807) is 11.1 Å². The molecule has 1 nitrogen and oxygen atoms in total. The SMILES string of the molecule is CCCCCCCCCCC(C)=C(CCCCCCCCCC)OC(CCCCCCCCCC)=C(C)CCCCCCCCCC. The van der Waals surface area contributed by atoms with Crippen LogP contribution in [0.4, 0.5) is 0 Å². The van der Waals surface area contributed by atoms with Gasteiger partial charge in [0.15, 0.2) is 0 Å². The Morgan fingerprint density at radius 3 is 0.681 bits per heavy atom. The van der Waals surface area contributed by atoms with Crippen molar-refractivity contribution < 1.29 is 4.74 Å². The molecule has 0 aliphatic heterocycles. The zero-order valence-electron chi connectivity index (χ0n) is 33.9. The van der Waals surface area contributed by atoms with Crippen molar-refractivity contribution in [2.75, 3.05) is 0 Å².